The maximum atomic E-state index is 11.3. The Bertz CT molecular complexity index is 1030. The zero-order chi connectivity index (χ0) is 22.9. The number of aliphatic hydroxyl groups excluding tert-OH is 2. The number of nitrogens with zero attached hydrogens (tertiary/aromatic N) is 4. The number of phosphoric acid groups is 1. The molecule has 7 N–H and O–H groups in total. The van der Waals surface area contributed by atoms with Crippen LogP contribution in [-0.2, 0) is 23.4 Å². The molecular weight excluding hydrogens is 445 g/mol. The summed E-state index contributed by atoms with van der Waals surface area (Å²) in [6.07, 6.45) is -4.20. The Balaban J connectivity index is 1.86. The van der Waals surface area contributed by atoms with E-state index in [4.69, 9.17) is 19.6 Å². The second-order valence-electron chi connectivity index (χ2n) is 6.51. The number of nitrogens with one attached hydrogen (secondary N) is 1. The molecular formula is C14H18N5O11P. The van der Waals surface area contributed by atoms with Gasteiger partial charge in [0.05, 0.1) is 19.4 Å². The summed E-state index contributed by atoms with van der Waals surface area (Å²) in [5.41, 5.74) is 0.0733. The molecule has 0 saturated carbocycles. The van der Waals surface area contributed by atoms with E-state index in [9.17, 15) is 29.5 Å². The van der Waals surface area contributed by atoms with E-state index in [1.807, 2.05) is 0 Å². The summed E-state index contributed by atoms with van der Waals surface area (Å²) in [5.74, 6) is -2.87. The van der Waals surface area contributed by atoms with Crippen molar-refractivity contribution in [2.45, 2.75) is 37.0 Å². The molecule has 0 spiro atoms. The van der Waals surface area contributed by atoms with Crippen LogP contribution in [0.15, 0.2) is 12.7 Å². The lowest BCUT2D eigenvalue weighted by Gasteiger charge is -2.17. The van der Waals surface area contributed by atoms with Gasteiger partial charge >= 0.3 is 19.8 Å². The Morgan fingerprint density at radius 3 is 2.55 bits per heavy atom. The lowest BCUT2D eigenvalue weighted by Crippen LogP contribution is -2.33. The van der Waals surface area contributed by atoms with Crippen LogP contribution in [0.3, 0.4) is 0 Å². The number of anilines is 1. The van der Waals surface area contributed by atoms with Crippen LogP contribution in [0.25, 0.3) is 11.2 Å². The van der Waals surface area contributed by atoms with Crippen LogP contribution in [0.1, 0.15) is 12.6 Å². The molecule has 3 heterocycles. The summed E-state index contributed by atoms with van der Waals surface area (Å²) >= 11 is 0. The summed E-state index contributed by atoms with van der Waals surface area (Å²) in [6.45, 7) is -0.705. The SMILES string of the molecule is O=C(O)C[C@@H](Nc1ncnc2c1ncn2[C@H]1O[C@@H](COP(=O)(O)O)[C@H](O)[C@@H]1O)C(=O)O. The highest BCUT2D eigenvalue weighted by Gasteiger charge is 2.45. The van der Waals surface area contributed by atoms with Gasteiger partial charge in [-0.2, -0.15) is 0 Å². The van der Waals surface area contributed by atoms with E-state index < -0.39 is 63.4 Å². The van der Waals surface area contributed by atoms with Crippen LogP contribution in [0, 0.1) is 0 Å². The van der Waals surface area contributed by atoms with Gasteiger partial charge < -0.3 is 40.3 Å². The molecule has 1 aliphatic heterocycles. The summed E-state index contributed by atoms with van der Waals surface area (Å²) in [5, 5.41) is 40.9. The number of carboxylic acids is 2. The number of fused-ring (bicyclic) bond motifs is 1. The van der Waals surface area contributed by atoms with E-state index in [-0.39, 0.29) is 17.0 Å². The second kappa shape index (κ2) is 8.80. The van der Waals surface area contributed by atoms with Crippen LogP contribution in [0.4, 0.5) is 5.82 Å². The minimum absolute atomic E-state index is 0.0272. The van der Waals surface area contributed by atoms with Gasteiger partial charge in [0.25, 0.3) is 0 Å². The molecule has 1 saturated heterocycles. The van der Waals surface area contributed by atoms with Gasteiger partial charge in [0.2, 0.25) is 0 Å². The molecule has 5 atom stereocenters. The number of hydrogen-bond acceptors (Lipinski definition) is 11. The first kappa shape index (κ1) is 23.0. The van der Waals surface area contributed by atoms with Crippen molar-refractivity contribution in [3.8, 4) is 0 Å². The van der Waals surface area contributed by atoms with Gasteiger partial charge in [-0.1, -0.05) is 0 Å². The molecule has 0 aliphatic carbocycles. The zero-order valence-electron chi connectivity index (χ0n) is 15.4. The van der Waals surface area contributed by atoms with Crippen molar-refractivity contribution in [3.05, 3.63) is 12.7 Å². The van der Waals surface area contributed by atoms with Gasteiger partial charge in [0.1, 0.15) is 30.7 Å². The number of carbonyl (C=O) groups is 2. The first-order chi connectivity index (χ1) is 14.5. The summed E-state index contributed by atoms with van der Waals surface area (Å²) in [6, 6.07) is -1.51. The monoisotopic (exact) mass is 463 g/mol. The van der Waals surface area contributed by atoms with Gasteiger partial charge in [-0.3, -0.25) is 13.9 Å². The van der Waals surface area contributed by atoms with Gasteiger partial charge in [0, 0.05) is 0 Å². The highest BCUT2D eigenvalue weighted by molar-refractivity contribution is 7.46. The molecule has 0 unspecified atom stereocenters. The third-order valence-corrected chi connectivity index (χ3v) is 4.85. The van der Waals surface area contributed by atoms with E-state index in [1.165, 1.54) is 4.57 Å². The maximum absolute atomic E-state index is 11.3. The van der Waals surface area contributed by atoms with E-state index in [1.54, 1.807) is 0 Å². The van der Waals surface area contributed by atoms with Gasteiger partial charge in [-0.15, -0.1) is 0 Å². The molecule has 3 rings (SSSR count). The number of ether oxygens (including phenoxy) is 1. The number of phosphoric ester groups is 1. The Labute approximate surface area is 172 Å². The molecule has 31 heavy (non-hydrogen) atoms. The minimum atomic E-state index is -4.83. The summed E-state index contributed by atoms with van der Waals surface area (Å²) in [4.78, 5) is 51.6. The van der Waals surface area contributed by atoms with Gasteiger partial charge in [0.15, 0.2) is 23.2 Å². The molecule has 2 aromatic heterocycles. The number of aliphatic carboxylic acids is 2. The number of aliphatic hydroxyl groups is 2. The third kappa shape index (κ3) is 5.13. The van der Waals surface area contributed by atoms with Crippen molar-refractivity contribution in [3.63, 3.8) is 0 Å². The zero-order valence-corrected chi connectivity index (χ0v) is 16.3. The molecule has 2 aromatic rings. The maximum Gasteiger partial charge on any atom is 0.469 e. The van der Waals surface area contributed by atoms with Crippen LogP contribution >= 0.6 is 7.82 Å². The number of imidazole rings is 1. The predicted molar refractivity (Wildman–Crippen MR) is 96.5 cm³/mol. The fourth-order valence-corrected chi connectivity index (χ4v) is 3.29. The van der Waals surface area contributed by atoms with Crippen LogP contribution in [0.5, 0.6) is 0 Å². The fourth-order valence-electron chi connectivity index (χ4n) is 2.95. The molecule has 1 fully saturated rings. The van der Waals surface area contributed by atoms with Crippen LogP contribution in [-0.4, -0.2) is 92.6 Å². The molecule has 0 radical (unpaired) electrons. The van der Waals surface area contributed by atoms with E-state index in [2.05, 4.69) is 24.8 Å². The summed E-state index contributed by atoms with van der Waals surface area (Å²) in [7, 11) is -4.83. The Hall–Kier alpha value is -2.72. The lowest BCUT2D eigenvalue weighted by atomic mass is 10.1. The van der Waals surface area contributed by atoms with Crippen molar-refractivity contribution in [2.24, 2.45) is 0 Å². The number of hydrogen-bond donors (Lipinski definition) is 7. The number of rotatable bonds is 9. The number of aromatic nitrogens is 4. The predicted octanol–water partition coefficient (Wildman–Crippen LogP) is -2.11. The van der Waals surface area contributed by atoms with Crippen molar-refractivity contribution >= 4 is 36.7 Å². The van der Waals surface area contributed by atoms with Crippen LogP contribution in [0.2, 0.25) is 0 Å². The molecule has 17 heteroatoms. The summed E-state index contributed by atoms with van der Waals surface area (Å²) < 4.78 is 21.8. The normalized spacial score (nSPS) is 24.9. The quantitative estimate of drug-likeness (QED) is 0.197. The second-order valence-corrected chi connectivity index (χ2v) is 7.75. The lowest BCUT2D eigenvalue weighted by molar-refractivity contribution is -0.144. The third-order valence-electron chi connectivity index (χ3n) is 4.36. The van der Waals surface area contributed by atoms with E-state index >= 15 is 0 Å². The van der Waals surface area contributed by atoms with Crippen molar-refractivity contribution in [2.75, 3.05) is 11.9 Å². The largest absolute Gasteiger partial charge is 0.481 e. The first-order valence-electron chi connectivity index (χ1n) is 8.58. The highest BCUT2D eigenvalue weighted by atomic mass is 31.2. The van der Waals surface area contributed by atoms with E-state index in [0.29, 0.717) is 0 Å². The standard InChI is InChI=1S/C14H18N5O11P/c20-7(21)1-5(14(24)25)18-11-8-12(16-3-15-11)19(4-17-8)13-10(23)9(22)6(30-13)2-29-31(26,27)28/h3-6,9-10,13,22-23H,1-2H2,(H,20,21)(H,24,25)(H,15,16,18)(H2,26,27,28)/t5-,6+,9+,10+,13+/m1/s1. The topological polar surface area (TPSA) is 247 Å². The highest BCUT2D eigenvalue weighted by Crippen LogP contribution is 2.39. The minimum Gasteiger partial charge on any atom is -0.481 e. The van der Waals surface area contributed by atoms with Crippen molar-refractivity contribution in [1.82, 2.24) is 19.5 Å². The Morgan fingerprint density at radius 2 is 1.94 bits per heavy atom. The number of carboxylic acid groups (broad SMARTS) is 2. The first-order valence-corrected chi connectivity index (χ1v) is 10.1. The van der Waals surface area contributed by atoms with Crippen molar-refractivity contribution in [1.29, 1.82) is 0 Å². The molecule has 0 amide bonds. The van der Waals surface area contributed by atoms with E-state index in [0.717, 1.165) is 12.7 Å². The molecule has 1 aliphatic rings. The van der Waals surface area contributed by atoms with Gasteiger partial charge in [-0.05, 0) is 0 Å². The molecule has 16 nitrogen and oxygen atoms in total. The fraction of sp³-hybridized carbons (Fsp3) is 0.500. The average molecular weight is 463 g/mol. The Morgan fingerprint density at radius 1 is 1.23 bits per heavy atom. The Kier molecular flexibility index (Phi) is 6.51. The smallest absolute Gasteiger partial charge is 0.469 e. The average Bonchev–Trinajstić information content (AvgIpc) is 3.21. The molecule has 170 valence electrons. The molecule has 0 bridgehead atoms. The van der Waals surface area contributed by atoms with Crippen LogP contribution < -0.4 is 5.32 Å². The van der Waals surface area contributed by atoms with Crippen molar-refractivity contribution < 1.29 is 53.6 Å². The molecule has 0 aromatic carbocycles. The van der Waals surface area contributed by atoms with Gasteiger partial charge in [-0.25, -0.2) is 24.3 Å².